The number of nitrogens with zero attached hydrogens (tertiary/aromatic N) is 2. The summed E-state index contributed by atoms with van der Waals surface area (Å²) in [5, 5.41) is 11.7. The van der Waals surface area contributed by atoms with E-state index < -0.39 is 6.04 Å². The second-order valence-corrected chi connectivity index (χ2v) is 5.84. The molecule has 1 unspecified atom stereocenters. The molecule has 0 aromatic heterocycles. The van der Waals surface area contributed by atoms with Gasteiger partial charge in [-0.1, -0.05) is 23.8 Å². The molecular formula is C19H17N3O2. The maximum Gasteiger partial charge on any atom is 0.247 e. The highest BCUT2D eigenvalue weighted by atomic mass is 16.2. The Bertz CT molecular complexity index is 821. The number of hydrogen-bond donors (Lipinski definition) is 1. The van der Waals surface area contributed by atoms with Crippen molar-refractivity contribution in [3.63, 3.8) is 0 Å². The molecule has 2 aromatic carbocycles. The number of hydrogen-bond acceptors (Lipinski definition) is 3. The van der Waals surface area contributed by atoms with Gasteiger partial charge in [-0.05, 0) is 43.7 Å². The highest BCUT2D eigenvalue weighted by Gasteiger charge is 2.37. The lowest BCUT2D eigenvalue weighted by Gasteiger charge is -2.24. The first-order chi connectivity index (χ1) is 11.6. The number of rotatable bonds is 3. The molecule has 1 saturated heterocycles. The maximum atomic E-state index is 12.6. The third kappa shape index (κ3) is 3.13. The minimum Gasteiger partial charge on any atom is -0.324 e. The number of carbonyl (C=O) groups is 2. The van der Waals surface area contributed by atoms with E-state index in [1.165, 1.54) is 0 Å². The van der Waals surface area contributed by atoms with E-state index in [9.17, 15) is 9.59 Å². The Morgan fingerprint density at radius 2 is 2.00 bits per heavy atom. The number of anilines is 2. The summed E-state index contributed by atoms with van der Waals surface area (Å²) in [5.74, 6) is -0.290. The van der Waals surface area contributed by atoms with Crippen molar-refractivity contribution in [2.24, 2.45) is 0 Å². The smallest absolute Gasteiger partial charge is 0.247 e. The van der Waals surface area contributed by atoms with Crippen molar-refractivity contribution in [3.05, 3.63) is 59.7 Å². The lowest BCUT2D eigenvalue weighted by molar-refractivity contribution is -0.120. The topological polar surface area (TPSA) is 73.2 Å². The number of nitrogens with one attached hydrogen (secondary N) is 1. The molecule has 1 aliphatic heterocycles. The van der Waals surface area contributed by atoms with Crippen molar-refractivity contribution in [2.75, 3.05) is 10.2 Å². The lowest BCUT2D eigenvalue weighted by atomic mass is 10.1. The Hall–Kier alpha value is -3.13. The van der Waals surface area contributed by atoms with Gasteiger partial charge in [0, 0.05) is 17.8 Å². The van der Waals surface area contributed by atoms with Crippen LogP contribution in [0.2, 0.25) is 0 Å². The van der Waals surface area contributed by atoms with Crippen LogP contribution in [0.25, 0.3) is 0 Å². The third-order valence-electron chi connectivity index (χ3n) is 4.09. The summed E-state index contributed by atoms with van der Waals surface area (Å²) in [6, 6.07) is 15.8. The summed E-state index contributed by atoms with van der Waals surface area (Å²) in [6.45, 7) is 1.97. The molecule has 1 aliphatic rings. The van der Waals surface area contributed by atoms with Gasteiger partial charge in [-0.2, -0.15) is 5.26 Å². The molecule has 2 aromatic rings. The van der Waals surface area contributed by atoms with Crippen molar-refractivity contribution < 1.29 is 9.59 Å². The Labute approximate surface area is 140 Å². The molecule has 0 bridgehead atoms. The van der Waals surface area contributed by atoms with E-state index in [1.54, 1.807) is 29.2 Å². The van der Waals surface area contributed by atoms with Gasteiger partial charge in [0.15, 0.2) is 0 Å². The Morgan fingerprint density at radius 1 is 1.25 bits per heavy atom. The molecule has 1 atom stereocenters. The molecule has 1 N–H and O–H groups in total. The predicted molar refractivity (Wildman–Crippen MR) is 91.5 cm³/mol. The largest absolute Gasteiger partial charge is 0.324 e. The van der Waals surface area contributed by atoms with Gasteiger partial charge in [-0.3, -0.25) is 14.5 Å². The number of aryl methyl sites for hydroxylation is 1. The highest BCUT2D eigenvalue weighted by Crippen LogP contribution is 2.28. The summed E-state index contributed by atoms with van der Waals surface area (Å²) < 4.78 is 0. The van der Waals surface area contributed by atoms with E-state index in [0.29, 0.717) is 24.1 Å². The fourth-order valence-corrected chi connectivity index (χ4v) is 2.85. The fraction of sp³-hybridized carbons (Fsp3) is 0.211. The number of nitriles is 1. The normalized spacial score (nSPS) is 16.8. The van der Waals surface area contributed by atoms with Crippen molar-refractivity contribution in [3.8, 4) is 6.07 Å². The molecule has 5 heteroatoms. The first-order valence-corrected chi connectivity index (χ1v) is 7.78. The van der Waals surface area contributed by atoms with E-state index in [0.717, 1.165) is 11.3 Å². The van der Waals surface area contributed by atoms with E-state index in [2.05, 4.69) is 5.32 Å². The summed E-state index contributed by atoms with van der Waals surface area (Å²) in [7, 11) is 0. The average Bonchev–Trinajstić information content (AvgIpc) is 2.97. The van der Waals surface area contributed by atoms with Crippen LogP contribution in [-0.4, -0.2) is 17.9 Å². The maximum absolute atomic E-state index is 12.6. The zero-order chi connectivity index (χ0) is 17.1. The molecule has 0 radical (unpaired) electrons. The molecule has 2 amide bonds. The highest BCUT2D eigenvalue weighted by molar-refractivity contribution is 6.07. The van der Waals surface area contributed by atoms with Gasteiger partial charge < -0.3 is 5.32 Å². The average molecular weight is 319 g/mol. The molecule has 1 fully saturated rings. The summed E-state index contributed by atoms with van der Waals surface area (Å²) in [4.78, 5) is 26.4. The van der Waals surface area contributed by atoms with Crippen LogP contribution in [0.15, 0.2) is 48.5 Å². The van der Waals surface area contributed by atoms with E-state index in [1.807, 2.05) is 37.3 Å². The summed E-state index contributed by atoms with van der Waals surface area (Å²) in [5.41, 5.74) is 2.86. The van der Waals surface area contributed by atoms with Crippen molar-refractivity contribution >= 4 is 23.2 Å². The summed E-state index contributed by atoms with van der Waals surface area (Å²) >= 11 is 0. The zero-order valence-corrected chi connectivity index (χ0v) is 13.3. The molecule has 3 rings (SSSR count). The van der Waals surface area contributed by atoms with Crippen LogP contribution in [0.5, 0.6) is 0 Å². The SMILES string of the molecule is Cc1ccc(N2C(=O)CCC2C(=O)Nc2cccc(C#N)c2)cc1. The number of amides is 2. The first kappa shape index (κ1) is 15.8. The van der Waals surface area contributed by atoms with Crippen LogP contribution in [0.1, 0.15) is 24.0 Å². The molecule has 0 aliphatic carbocycles. The van der Waals surface area contributed by atoms with Crippen molar-refractivity contribution in [1.82, 2.24) is 0 Å². The first-order valence-electron chi connectivity index (χ1n) is 7.78. The van der Waals surface area contributed by atoms with Gasteiger partial charge >= 0.3 is 0 Å². The third-order valence-corrected chi connectivity index (χ3v) is 4.09. The molecule has 1 heterocycles. The second-order valence-electron chi connectivity index (χ2n) is 5.84. The number of carbonyl (C=O) groups excluding carboxylic acids is 2. The van der Waals surface area contributed by atoms with Gasteiger partial charge in [-0.15, -0.1) is 0 Å². The Balaban J connectivity index is 1.81. The fourth-order valence-electron chi connectivity index (χ4n) is 2.85. The van der Waals surface area contributed by atoms with Gasteiger partial charge in [0.1, 0.15) is 6.04 Å². The van der Waals surface area contributed by atoms with Gasteiger partial charge in [0.2, 0.25) is 11.8 Å². The van der Waals surface area contributed by atoms with Crippen molar-refractivity contribution in [2.45, 2.75) is 25.8 Å². The van der Waals surface area contributed by atoms with Gasteiger partial charge in [0.25, 0.3) is 0 Å². The van der Waals surface area contributed by atoms with Crippen LogP contribution in [0.4, 0.5) is 11.4 Å². The van der Waals surface area contributed by atoms with Gasteiger partial charge in [0.05, 0.1) is 11.6 Å². The van der Waals surface area contributed by atoms with E-state index >= 15 is 0 Å². The Morgan fingerprint density at radius 3 is 2.71 bits per heavy atom. The molecule has 24 heavy (non-hydrogen) atoms. The van der Waals surface area contributed by atoms with Crippen LogP contribution >= 0.6 is 0 Å². The molecule has 120 valence electrons. The van der Waals surface area contributed by atoms with Gasteiger partial charge in [-0.25, -0.2) is 0 Å². The predicted octanol–water partition coefficient (Wildman–Crippen LogP) is 3.00. The lowest BCUT2D eigenvalue weighted by Crippen LogP contribution is -2.41. The van der Waals surface area contributed by atoms with Crippen molar-refractivity contribution in [1.29, 1.82) is 5.26 Å². The molecule has 0 spiro atoms. The van der Waals surface area contributed by atoms with E-state index in [4.69, 9.17) is 5.26 Å². The minimum atomic E-state index is -0.536. The standard InChI is InChI=1S/C19H17N3O2/c1-13-5-7-16(8-6-13)22-17(9-10-18(22)23)19(24)21-15-4-2-3-14(11-15)12-20/h2-8,11,17H,9-10H2,1H3,(H,21,24). The van der Waals surface area contributed by atoms with Crippen LogP contribution < -0.4 is 10.2 Å². The minimum absolute atomic E-state index is 0.0511. The van der Waals surface area contributed by atoms with Crippen LogP contribution in [-0.2, 0) is 9.59 Å². The van der Waals surface area contributed by atoms with Crippen LogP contribution in [0, 0.1) is 18.3 Å². The quantitative estimate of drug-likeness (QED) is 0.945. The molecular weight excluding hydrogens is 302 g/mol. The molecule has 0 saturated carbocycles. The Kier molecular flexibility index (Phi) is 4.30. The summed E-state index contributed by atoms with van der Waals surface area (Å²) in [6.07, 6.45) is 0.834. The number of benzene rings is 2. The molecule has 5 nitrogen and oxygen atoms in total. The zero-order valence-electron chi connectivity index (χ0n) is 13.3. The van der Waals surface area contributed by atoms with E-state index in [-0.39, 0.29) is 11.8 Å². The second kappa shape index (κ2) is 6.55. The van der Waals surface area contributed by atoms with Crippen LogP contribution in [0.3, 0.4) is 0 Å². The monoisotopic (exact) mass is 319 g/mol.